The van der Waals surface area contributed by atoms with Gasteiger partial charge in [0, 0.05) is 13.1 Å². The maximum Gasteiger partial charge on any atom is 0.410 e. The molecule has 0 aromatic carbocycles. The van der Waals surface area contributed by atoms with Gasteiger partial charge in [-0.3, -0.25) is 4.79 Å². The van der Waals surface area contributed by atoms with Gasteiger partial charge < -0.3 is 14.7 Å². The number of carboxylic acid groups (broad SMARTS) is 1. The molecule has 0 bridgehead atoms. The normalized spacial score (nSPS) is 20.9. The van der Waals surface area contributed by atoms with Gasteiger partial charge in [0.05, 0.1) is 5.41 Å². The third-order valence-corrected chi connectivity index (χ3v) is 3.41. The summed E-state index contributed by atoms with van der Waals surface area (Å²) in [4.78, 5) is 24.6. The van der Waals surface area contributed by atoms with Crippen molar-refractivity contribution in [3.05, 3.63) is 0 Å². The van der Waals surface area contributed by atoms with Crippen LogP contribution in [0.2, 0.25) is 0 Å². The quantitative estimate of drug-likeness (QED) is 0.824. The Kier molecular flexibility index (Phi) is 3.93. The van der Waals surface area contributed by atoms with Crippen LogP contribution in [0.1, 0.15) is 41.0 Å². The molecule has 0 aromatic heterocycles. The van der Waals surface area contributed by atoms with Crippen molar-refractivity contribution in [3.8, 4) is 0 Å². The van der Waals surface area contributed by atoms with E-state index in [9.17, 15) is 14.7 Å². The lowest BCUT2D eigenvalue weighted by Gasteiger charge is -2.28. The number of carboxylic acids is 1. The molecule has 0 radical (unpaired) electrons. The molecule has 5 heteroatoms. The monoisotopic (exact) mass is 257 g/mol. The van der Waals surface area contributed by atoms with E-state index in [1.165, 1.54) is 0 Å². The molecule has 0 aliphatic carbocycles. The molecular weight excluding hydrogens is 234 g/mol. The van der Waals surface area contributed by atoms with Crippen LogP contribution in [0, 0.1) is 11.3 Å². The van der Waals surface area contributed by atoms with Crippen molar-refractivity contribution in [3.63, 3.8) is 0 Å². The molecule has 0 unspecified atom stereocenters. The van der Waals surface area contributed by atoms with Crippen molar-refractivity contribution in [1.29, 1.82) is 0 Å². The number of amides is 1. The van der Waals surface area contributed by atoms with Crippen molar-refractivity contribution < 1.29 is 19.4 Å². The zero-order valence-electron chi connectivity index (χ0n) is 11.8. The lowest BCUT2D eigenvalue weighted by atomic mass is 9.78. The zero-order chi connectivity index (χ0) is 14.1. The summed E-state index contributed by atoms with van der Waals surface area (Å²) in [6.07, 6.45) is 0.352. The van der Waals surface area contributed by atoms with E-state index in [4.69, 9.17) is 4.74 Å². The number of carbonyl (C=O) groups excluding carboxylic acids is 1. The lowest BCUT2D eigenvalue weighted by molar-refractivity contribution is -0.149. The molecule has 1 amide bonds. The van der Waals surface area contributed by atoms with Crippen LogP contribution in [0.15, 0.2) is 0 Å². The standard InChI is InChI=1S/C13H23NO4/c1-12(2,3)18-11(17)14-7-6-9(8-14)13(4,5)10(15)16/h9H,6-8H2,1-5H3,(H,15,16)/t9-/m1/s1. The molecular formula is C13H23NO4. The number of nitrogens with zero attached hydrogens (tertiary/aromatic N) is 1. The third-order valence-electron chi connectivity index (χ3n) is 3.41. The highest BCUT2D eigenvalue weighted by Crippen LogP contribution is 2.34. The number of hydrogen-bond donors (Lipinski definition) is 1. The molecule has 1 rings (SSSR count). The van der Waals surface area contributed by atoms with Gasteiger partial charge >= 0.3 is 12.1 Å². The molecule has 1 atom stereocenters. The second kappa shape index (κ2) is 4.78. The average molecular weight is 257 g/mol. The van der Waals surface area contributed by atoms with Gasteiger partial charge in [-0.15, -0.1) is 0 Å². The fraction of sp³-hybridized carbons (Fsp3) is 0.846. The van der Waals surface area contributed by atoms with E-state index in [1.54, 1.807) is 18.7 Å². The summed E-state index contributed by atoms with van der Waals surface area (Å²) in [5.41, 5.74) is -1.33. The van der Waals surface area contributed by atoms with Crippen molar-refractivity contribution in [1.82, 2.24) is 4.90 Å². The molecule has 1 N–H and O–H groups in total. The first-order valence-electron chi connectivity index (χ1n) is 6.25. The van der Waals surface area contributed by atoms with E-state index >= 15 is 0 Å². The molecule has 1 saturated heterocycles. The average Bonchev–Trinajstić information content (AvgIpc) is 2.63. The van der Waals surface area contributed by atoms with Gasteiger partial charge in [0.15, 0.2) is 0 Å². The van der Waals surface area contributed by atoms with Gasteiger partial charge in [0.25, 0.3) is 0 Å². The number of rotatable bonds is 2. The van der Waals surface area contributed by atoms with E-state index in [0.717, 1.165) is 0 Å². The molecule has 104 valence electrons. The predicted octanol–water partition coefficient (Wildman–Crippen LogP) is 2.35. The molecule has 1 aliphatic rings. The number of ether oxygens (including phenoxy) is 1. The zero-order valence-corrected chi connectivity index (χ0v) is 11.8. The van der Waals surface area contributed by atoms with Crippen LogP contribution in [0.25, 0.3) is 0 Å². The summed E-state index contributed by atoms with van der Waals surface area (Å²) < 4.78 is 5.28. The smallest absolute Gasteiger partial charge is 0.410 e. The Hall–Kier alpha value is -1.26. The topological polar surface area (TPSA) is 66.8 Å². The lowest BCUT2D eigenvalue weighted by Crippen LogP contribution is -2.38. The van der Waals surface area contributed by atoms with E-state index in [-0.39, 0.29) is 12.0 Å². The van der Waals surface area contributed by atoms with Crippen LogP contribution in [-0.2, 0) is 9.53 Å². The van der Waals surface area contributed by atoms with Gasteiger partial charge in [0.1, 0.15) is 5.60 Å². The molecule has 1 fully saturated rings. The highest BCUT2D eigenvalue weighted by Gasteiger charge is 2.42. The Morgan fingerprint density at radius 2 is 1.78 bits per heavy atom. The van der Waals surface area contributed by atoms with Crippen molar-refractivity contribution in [2.24, 2.45) is 11.3 Å². The molecule has 0 spiro atoms. The summed E-state index contributed by atoms with van der Waals surface area (Å²) in [6, 6.07) is 0. The van der Waals surface area contributed by atoms with Crippen molar-refractivity contribution in [2.75, 3.05) is 13.1 Å². The Morgan fingerprint density at radius 3 is 2.22 bits per heavy atom. The third kappa shape index (κ3) is 3.37. The van der Waals surface area contributed by atoms with E-state index in [2.05, 4.69) is 0 Å². The molecule has 1 aliphatic heterocycles. The van der Waals surface area contributed by atoms with Crippen LogP contribution in [0.3, 0.4) is 0 Å². The number of carbonyl (C=O) groups is 2. The minimum Gasteiger partial charge on any atom is -0.481 e. The Bertz CT molecular complexity index is 343. The summed E-state index contributed by atoms with van der Waals surface area (Å²) in [5, 5.41) is 9.18. The summed E-state index contributed by atoms with van der Waals surface area (Å²) in [6.45, 7) is 9.89. The molecule has 5 nitrogen and oxygen atoms in total. The minimum absolute atomic E-state index is 0.0254. The Morgan fingerprint density at radius 1 is 1.22 bits per heavy atom. The Labute approximate surface area is 108 Å². The van der Waals surface area contributed by atoms with E-state index in [0.29, 0.717) is 19.5 Å². The van der Waals surface area contributed by atoms with Crippen LogP contribution < -0.4 is 0 Å². The molecule has 0 aromatic rings. The van der Waals surface area contributed by atoms with Crippen LogP contribution in [0.5, 0.6) is 0 Å². The summed E-state index contributed by atoms with van der Waals surface area (Å²) in [7, 11) is 0. The van der Waals surface area contributed by atoms with Crippen molar-refractivity contribution >= 4 is 12.1 Å². The predicted molar refractivity (Wildman–Crippen MR) is 67.3 cm³/mol. The van der Waals surface area contributed by atoms with Gasteiger partial charge in [-0.05, 0) is 47.0 Å². The van der Waals surface area contributed by atoms with E-state index < -0.39 is 17.0 Å². The van der Waals surface area contributed by atoms with Crippen LogP contribution in [-0.4, -0.2) is 40.8 Å². The largest absolute Gasteiger partial charge is 0.481 e. The highest BCUT2D eigenvalue weighted by atomic mass is 16.6. The van der Waals surface area contributed by atoms with Crippen LogP contribution in [0.4, 0.5) is 4.79 Å². The van der Waals surface area contributed by atoms with Crippen LogP contribution >= 0.6 is 0 Å². The summed E-state index contributed by atoms with van der Waals surface area (Å²) >= 11 is 0. The maximum atomic E-state index is 11.9. The second-order valence-corrected chi connectivity index (χ2v) is 6.44. The van der Waals surface area contributed by atoms with E-state index in [1.807, 2.05) is 20.8 Å². The fourth-order valence-electron chi connectivity index (χ4n) is 2.02. The Balaban J connectivity index is 2.62. The van der Waals surface area contributed by atoms with Gasteiger partial charge in [-0.1, -0.05) is 0 Å². The summed E-state index contributed by atoms with van der Waals surface area (Å²) in [5.74, 6) is -0.846. The van der Waals surface area contributed by atoms with Crippen molar-refractivity contribution in [2.45, 2.75) is 46.6 Å². The first-order chi connectivity index (χ1) is 8.04. The molecule has 0 saturated carbocycles. The van der Waals surface area contributed by atoms with Gasteiger partial charge in [-0.2, -0.15) is 0 Å². The number of aliphatic carboxylic acids is 1. The number of hydrogen-bond acceptors (Lipinski definition) is 3. The highest BCUT2D eigenvalue weighted by molar-refractivity contribution is 5.74. The number of likely N-dealkylation sites (tertiary alicyclic amines) is 1. The SMILES string of the molecule is CC(C)(C)OC(=O)N1CC[C@@H](C(C)(C)C(=O)O)C1. The van der Waals surface area contributed by atoms with Gasteiger partial charge in [-0.25, -0.2) is 4.79 Å². The first-order valence-corrected chi connectivity index (χ1v) is 6.25. The fourth-order valence-corrected chi connectivity index (χ4v) is 2.02. The van der Waals surface area contributed by atoms with Gasteiger partial charge in [0.2, 0.25) is 0 Å². The second-order valence-electron chi connectivity index (χ2n) is 6.44. The maximum absolute atomic E-state index is 11.9. The molecule has 18 heavy (non-hydrogen) atoms. The first kappa shape index (κ1) is 14.8. The minimum atomic E-state index is -0.821. The molecule has 1 heterocycles.